The number of ether oxygens (including phenoxy) is 2. The van der Waals surface area contributed by atoms with E-state index in [9.17, 15) is 9.18 Å². The second-order valence-corrected chi connectivity index (χ2v) is 5.09. The molecule has 0 aromatic heterocycles. The van der Waals surface area contributed by atoms with Gasteiger partial charge in [-0.3, -0.25) is 4.90 Å². The van der Waals surface area contributed by atoms with E-state index in [-0.39, 0.29) is 18.5 Å². The van der Waals surface area contributed by atoms with Gasteiger partial charge in [0.1, 0.15) is 11.9 Å². The van der Waals surface area contributed by atoms with Gasteiger partial charge in [0.15, 0.2) is 0 Å². The van der Waals surface area contributed by atoms with Crippen LogP contribution in [0.1, 0.15) is 13.8 Å². The summed E-state index contributed by atoms with van der Waals surface area (Å²) in [7, 11) is 0. The minimum absolute atomic E-state index is 0.260. The Balaban J connectivity index is 0.000000924. The van der Waals surface area contributed by atoms with Crippen LogP contribution in [-0.4, -0.2) is 51.6 Å². The van der Waals surface area contributed by atoms with Crippen molar-refractivity contribution in [2.75, 3.05) is 49.2 Å². The van der Waals surface area contributed by atoms with E-state index >= 15 is 0 Å². The van der Waals surface area contributed by atoms with Crippen LogP contribution in [0, 0.1) is 5.82 Å². The molecule has 0 bridgehead atoms. The Morgan fingerprint density at radius 1 is 1.30 bits per heavy atom. The van der Waals surface area contributed by atoms with E-state index in [0.29, 0.717) is 44.2 Å². The molecular weight excluding hydrogens is 301 g/mol. The summed E-state index contributed by atoms with van der Waals surface area (Å²) in [6.07, 6.45) is -0.816. The van der Waals surface area contributed by atoms with Gasteiger partial charge in [-0.2, -0.15) is 0 Å². The molecule has 2 N–H and O–H groups in total. The zero-order valence-electron chi connectivity index (χ0n) is 13.6. The van der Waals surface area contributed by atoms with Crippen LogP contribution in [0.3, 0.4) is 0 Å². The second kappa shape index (κ2) is 8.12. The number of morpholine rings is 1. The van der Waals surface area contributed by atoms with Gasteiger partial charge < -0.3 is 20.1 Å². The van der Waals surface area contributed by atoms with Crippen LogP contribution in [0.4, 0.5) is 20.6 Å². The molecule has 2 heterocycles. The Kier molecular flexibility index (Phi) is 6.18. The highest BCUT2D eigenvalue weighted by Crippen LogP contribution is 2.28. The number of halogens is 1. The molecule has 1 amide bonds. The molecular formula is C16H24FN3O3. The van der Waals surface area contributed by atoms with Crippen molar-refractivity contribution in [3.63, 3.8) is 0 Å². The Hall–Kier alpha value is -1.86. The van der Waals surface area contributed by atoms with Crippen LogP contribution < -0.4 is 15.5 Å². The summed E-state index contributed by atoms with van der Waals surface area (Å²) in [5.74, 6) is -0.349. The van der Waals surface area contributed by atoms with Crippen molar-refractivity contribution in [1.29, 1.82) is 0 Å². The van der Waals surface area contributed by atoms with Gasteiger partial charge in [0.05, 0.1) is 31.1 Å². The van der Waals surface area contributed by atoms with E-state index in [0.717, 1.165) is 0 Å². The van der Waals surface area contributed by atoms with Gasteiger partial charge in [-0.15, -0.1) is 0 Å². The van der Waals surface area contributed by atoms with Crippen molar-refractivity contribution < 1.29 is 18.7 Å². The van der Waals surface area contributed by atoms with Gasteiger partial charge in [0, 0.05) is 19.6 Å². The largest absolute Gasteiger partial charge is 0.443 e. The Morgan fingerprint density at radius 3 is 2.57 bits per heavy atom. The van der Waals surface area contributed by atoms with Crippen LogP contribution in [0.25, 0.3) is 0 Å². The van der Waals surface area contributed by atoms with Gasteiger partial charge in [0.2, 0.25) is 0 Å². The predicted molar refractivity (Wildman–Crippen MR) is 87.4 cm³/mol. The highest BCUT2D eigenvalue weighted by molar-refractivity contribution is 5.90. The van der Waals surface area contributed by atoms with Crippen LogP contribution in [0.5, 0.6) is 0 Å². The number of anilines is 2. The van der Waals surface area contributed by atoms with Crippen molar-refractivity contribution in [3.8, 4) is 0 Å². The standard InChI is InChI=1S/C14H18FN3O3.C2H6/c15-12-7-10(18-9-11(8-16)21-14(18)19)1-2-13(12)17-3-5-20-6-4-17;1-2/h1-2,7,11H,3-6,8-9,16H2;1-2H3/t11-;/m0./s1. The van der Waals surface area contributed by atoms with E-state index in [2.05, 4.69) is 0 Å². The number of amides is 1. The lowest BCUT2D eigenvalue weighted by Crippen LogP contribution is -2.36. The second-order valence-electron chi connectivity index (χ2n) is 5.09. The molecule has 1 aromatic rings. The number of cyclic esters (lactones) is 1. The van der Waals surface area contributed by atoms with Crippen molar-refractivity contribution >= 4 is 17.5 Å². The number of carbonyl (C=O) groups is 1. The summed E-state index contributed by atoms with van der Waals surface area (Å²) >= 11 is 0. The fourth-order valence-corrected chi connectivity index (χ4v) is 2.58. The third-order valence-corrected chi connectivity index (χ3v) is 3.73. The third kappa shape index (κ3) is 3.92. The Morgan fingerprint density at radius 2 is 2.00 bits per heavy atom. The molecule has 0 saturated carbocycles. The Labute approximate surface area is 135 Å². The first-order valence-electron chi connectivity index (χ1n) is 7.99. The molecule has 2 fully saturated rings. The molecule has 2 saturated heterocycles. The number of nitrogens with zero attached hydrogens (tertiary/aromatic N) is 2. The molecule has 0 aliphatic carbocycles. The first-order chi connectivity index (χ1) is 11.2. The van der Waals surface area contributed by atoms with Crippen molar-refractivity contribution in [2.24, 2.45) is 5.73 Å². The van der Waals surface area contributed by atoms with Crippen molar-refractivity contribution in [1.82, 2.24) is 0 Å². The maximum absolute atomic E-state index is 14.3. The van der Waals surface area contributed by atoms with Crippen LogP contribution >= 0.6 is 0 Å². The van der Waals surface area contributed by atoms with Gasteiger partial charge in [-0.1, -0.05) is 13.8 Å². The van der Waals surface area contributed by atoms with E-state index in [1.54, 1.807) is 12.1 Å². The number of carbonyl (C=O) groups excluding carboxylic acids is 1. The summed E-state index contributed by atoms with van der Waals surface area (Å²) in [6.45, 7) is 7.13. The molecule has 1 aromatic carbocycles. The minimum atomic E-state index is -0.482. The number of rotatable bonds is 3. The van der Waals surface area contributed by atoms with Crippen molar-refractivity contribution in [3.05, 3.63) is 24.0 Å². The first kappa shape index (κ1) is 17.5. The molecule has 7 heteroatoms. The van der Waals surface area contributed by atoms with E-state index in [1.807, 2.05) is 18.7 Å². The topological polar surface area (TPSA) is 68.0 Å². The first-order valence-corrected chi connectivity index (χ1v) is 7.99. The fraction of sp³-hybridized carbons (Fsp3) is 0.562. The number of hydrogen-bond acceptors (Lipinski definition) is 5. The maximum atomic E-state index is 14.3. The molecule has 2 aliphatic rings. The van der Waals surface area contributed by atoms with Gasteiger partial charge in [0.25, 0.3) is 0 Å². The van der Waals surface area contributed by atoms with Crippen LogP contribution in [-0.2, 0) is 9.47 Å². The zero-order chi connectivity index (χ0) is 16.8. The summed E-state index contributed by atoms with van der Waals surface area (Å²) in [5.41, 5.74) is 6.51. The van der Waals surface area contributed by atoms with Gasteiger partial charge in [-0.25, -0.2) is 9.18 Å². The SMILES string of the molecule is CC.NC[C@H]1CN(c2ccc(N3CCOCC3)c(F)c2)C(=O)O1. The summed E-state index contributed by atoms with van der Waals surface area (Å²) in [5, 5.41) is 0. The van der Waals surface area contributed by atoms with Gasteiger partial charge in [-0.05, 0) is 18.2 Å². The molecule has 6 nitrogen and oxygen atoms in total. The van der Waals surface area contributed by atoms with Gasteiger partial charge >= 0.3 is 6.09 Å². The molecule has 3 rings (SSSR count). The lowest BCUT2D eigenvalue weighted by molar-refractivity contribution is 0.122. The van der Waals surface area contributed by atoms with E-state index in [4.69, 9.17) is 15.2 Å². The normalized spacial score (nSPS) is 20.9. The summed E-state index contributed by atoms with van der Waals surface area (Å²) < 4.78 is 24.6. The molecule has 23 heavy (non-hydrogen) atoms. The maximum Gasteiger partial charge on any atom is 0.414 e. The molecule has 0 unspecified atom stereocenters. The molecule has 128 valence electrons. The summed E-state index contributed by atoms with van der Waals surface area (Å²) in [6, 6.07) is 4.79. The fourth-order valence-electron chi connectivity index (χ4n) is 2.58. The molecule has 2 aliphatic heterocycles. The Bertz CT molecular complexity index is 535. The number of hydrogen-bond donors (Lipinski definition) is 1. The molecule has 0 radical (unpaired) electrons. The lowest BCUT2D eigenvalue weighted by Gasteiger charge is -2.29. The summed E-state index contributed by atoms with van der Waals surface area (Å²) in [4.78, 5) is 15.1. The average molecular weight is 325 g/mol. The predicted octanol–water partition coefficient (Wildman–Crippen LogP) is 1.97. The number of benzene rings is 1. The third-order valence-electron chi connectivity index (χ3n) is 3.73. The smallest absolute Gasteiger partial charge is 0.414 e. The monoisotopic (exact) mass is 325 g/mol. The average Bonchev–Trinajstić information content (AvgIpc) is 2.98. The highest BCUT2D eigenvalue weighted by atomic mass is 19.1. The van der Waals surface area contributed by atoms with Crippen molar-refractivity contribution in [2.45, 2.75) is 20.0 Å². The van der Waals surface area contributed by atoms with E-state index in [1.165, 1.54) is 11.0 Å². The highest BCUT2D eigenvalue weighted by Gasteiger charge is 2.32. The lowest BCUT2D eigenvalue weighted by atomic mass is 10.2. The van der Waals surface area contributed by atoms with Crippen LogP contribution in [0.2, 0.25) is 0 Å². The molecule has 0 spiro atoms. The quantitative estimate of drug-likeness (QED) is 0.920. The number of nitrogens with two attached hydrogens (primary N) is 1. The van der Waals surface area contributed by atoms with E-state index < -0.39 is 6.09 Å². The van der Waals surface area contributed by atoms with Crippen LogP contribution in [0.15, 0.2) is 18.2 Å². The zero-order valence-corrected chi connectivity index (χ0v) is 13.6. The minimum Gasteiger partial charge on any atom is -0.443 e. The molecule has 1 atom stereocenters.